The van der Waals surface area contributed by atoms with Gasteiger partial charge in [0.2, 0.25) is 0 Å². The molecule has 0 aliphatic heterocycles. The van der Waals surface area contributed by atoms with E-state index in [9.17, 15) is 0 Å². The summed E-state index contributed by atoms with van der Waals surface area (Å²) in [7, 11) is 1.97. The molecule has 1 N–H and O–H groups in total. The predicted octanol–water partition coefficient (Wildman–Crippen LogP) is 2.23. The van der Waals surface area contributed by atoms with Gasteiger partial charge in [-0.15, -0.1) is 10.2 Å². The first kappa shape index (κ1) is 13.6. The lowest BCUT2D eigenvalue weighted by molar-refractivity contribution is 0.684. The fourth-order valence-electron chi connectivity index (χ4n) is 1.94. The molecule has 0 radical (unpaired) electrons. The summed E-state index contributed by atoms with van der Waals surface area (Å²) in [5.41, 5.74) is 2.43. The van der Waals surface area contributed by atoms with Crippen molar-refractivity contribution in [1.29, 1.82) is 0 Å². The Morgan fingerprint density at radius 1 is 1.35 bits per heavy atom. The van der Waals surface area contributed by atoms with Crippen LogP contribution in [0.1, 0.15) is 29.8 Å². The van der Waals surface area contributed by atoms with E-state index in [0.29, 0.717) is 0 Å². The van der Waals surface area contributed by atoms with Crippen LogP contribution in [0.2, 0.25) is 0 Å². The third-order valence-electron chi connectivity index (χ3n) is 3.50. The average Bonchev–Trinajstić information content (AvgIpc) is 3.21. The van der Waals surface area contributed by atoms with Gasteiger partial charge in [0.15, 0.2) is 5.16 Å². The number of pyridine rings is 1. The second-order valence-electron chi connectivity index (χ2n) is 5.31. The number of hydrogen-bond donors (Lipinski definition) is 1. The molecule has 20 heavy (non-hydrogen) atoms. The van der Waals surface area contributed by atoms with Gasteiger partial charge in [-0.05, 0) is 49.6 Å². The molecule has 0 atom stereocenters. The zero-order valence-electron chi connectivity index (χ0n) is 12.1. The van der Waals surface area contributed by atoms with Crippen LogP contribution in [0, 0.1) is 13.8 Å². The lowest BCUT2D eigenvalue weighted by Crippen LogP contribution is -2.15. The van der Waals surface area contributed by atoms with Gasteiger partial charge in [-0.25, -0.2) is 4.98 Å². The van der Waals surface area contributed by atoms with Gasteiger partial charge in [0, 0.05) is 25.8 Å². The van der Waals surface area contributed by atoms with E-state index >= 15 is 0 Å². The van der Waals surface area contributed by atoms with Gasteiger partial charge in [-0.1, -0.05) is 6.07 Å². The van der Waals surface area contributed by atoms with E-state index in [1.807, 2.05) is 24.7 Å². The number of aryl methyl sites for hydroxylation is 2. The van der Waals surface area contributed by atoms with E-state index in [0.717, 1.165) is 28.6 Å². The zero-order valence-corrected chi connectivity index (χ0v) is 12.9. The maximum Gasteiger partial charge on any atom is 0.197 e. The molecule has 3 rings (SSSR count). The molecule has 0 spiro atoms. The van der Waals surface area contributed by atoms with Gasteiger partial charge in [0.05, 0.1) is 0 Å². The van der Waals surface area contributed by atoms with Gasteiger partial charge < -0.3 is 9.88 Å². The Hall–Kier alpha value is -1.40. The molecule has 106 valence electrons. The SMILES string of the molecule is Cc1cc(CNC2CC2)cnc1Sc1nnc(C)n1C. The van der Waals surface area contributed by atoms with Crippen molar-refractivity contribution >= 4 is 11.8 Å². The first-order valence-electron chi connectivity index (χ1n) is 6.86. The molecule has 0 saturated heterocycles. The average molecular weight is 289 g/mol. The molecule has 0 unspecified atom stereocenters. The third kappa shape index (κ3) is 3.02. The van der Waals surface area contributed by atoms with Gasteiger partial charge in [0.1, 0.15) is 10.9 Å². The summed E-state index contributed by atoms with van der Waals surface area (Å²) in [5.74, 6) is 0.912. The number of rotatable bonds is 5. The second kappa shape index (κ2) is 5.54. The Balaban J connectivity index is 1.71. The predicted molar refractivity (Wildman–Crippen MR) is 78.7 cm³/mol. The van der Waals surface area contributed by atoms with Gasteiger partial charge in [-0.3, -0.25) is 0 Å². The third-order valence-corrected chi connectivity index (χ3v) is 4.66. The molecule has 2 heterocycles. The molecule has 0 aromatic carbocycles. The van der Waals surface area contributed by atoms with Gasteiger partial charge >= 0.3 is 0 Å². The minimum atomic E-state index is 0.728. The van der Waals surface area contributed by atoms with Gasteiger partial charge in [0.25, 0.3) is 0 Å². The highest BCUT2D eigenvalue weighted by molar-refractivity contribution is 7.99. The Labute approximate surface area is 123 Å². The highest BCUT2D eigenvalue weighted by Crippen LogP contribution is 2.27. The molecule has 1 aliphatic carbocycles. The minimum Gasteiger partial charge on any atom is -0.310 e. The Morgan fingerprint density at radius 3 is 2.75 bits per heavy atom. The second-order valence-corrected chi connectivity index (χ2v) is 6.27. The summed E-state index contributed by atoms with van der Waals surface area (Å²) in [6.45, 7) is 4.95. The lowest BCUT2D eigenvalue weighted by Gasteiger charge is -2.08. The van der Waals surface area contributed by atoms with Crippen LogP contribution in [-0.2, 0) is 13.6 Å². The van der Waals surface area contributed by atoms with Crippen LogP contribution in [0.3, 0.4) is 0 Å². The normalized spacial score (nSPS) is 14.8. The molecule has 1 saturated carbocycles. The summed E-state index contributed by atoms with van der Waals surface area (Å²) in [6, 6.07) is 2.93. The van der Waals surface area contributed by atoms with Crippen LogP contribution in [0.25, 0.3) is 0 Å². The van der Waals surface area contributed by atoms with Crippen molar-refractivity contribution in [1.82, 2.24) is 25.1 Å². The molecular formula is C14H19N5S. The van der Waals surface area contributed by atoms with E-state index in [2.05, 4.69) is 33.5 Å². The van der Waals surface area contributed by atoms with Crippen LogP contribution >= 0.6 is 11.8 Å². The Bertz CT molecular complexity index is 618. The Morgan fingerprint density at radius 2 is 2.15 bits per heavy atom. The smallest absolute Gasteiger partial charge is 0.197 e. The van der Waals surface area contributed by atoms with Crippen molar-refractivity contribution in [3.05, 3.63) is 29.2 Å². The number of aromatic nitrogens is 4. The monoisotopic (exact) mass is 289 g/mol. The van der Waals surface area contributed by atoms with E-state index in [1.165, 1.54) is 24.0 Å². The fraction of sp³-hybridized carbons (Fsp3) is 0.500. The van der Waals surface area contributed by atoms with E-state index in [1.54, 1.807) is 11.8 Å². The molecule has 5 nitrogen and oxygen atoms in total. The number of nitrogens with one attached hydrogen (secondary N) is 1. The Kier molecular flexibility index (Phi) is 3.76. The van der Waals surface area contributed by atoms with Crippen molar-refractivity contribution < 1.29 is 0 Å². The van der Waals surface area contributed by atoms with E-state index < -0.39 is 0 Å². The fourth-order valence-corrected chi connectivity index (χ4v) is 2.79. The highest BCUT2D eigenvalue weighted by atomic mass is 32.2. The van der Waals surface area contributed by atoms with Crippen molar-refractivity contribution in [2.24, 2.45) is 7.05 Å². The topological polar surface area (TPSA) is 55.6 Å². The molecule has 1 aliphatic rings. The summed E-state index contributed by atoms with van der Waals surface area (Å²) in [4.78, 5) is 4.56. The van der Waals surface area contributed by atoms with Crippen molar-refractivity contribution in [3.8, 4) is 0 Å². The summed E-state index contributed by atoms with van der Waals surface area (Å²) < 4.78 is 1.98. The molecule has 2 aromatic rings. The molecule has 0 bridgehead atoms. The van der Waals surface area contributed by atoms with E-state index in [-0.39, 0.29) is 0 Å². The van der Waals surface area contributed by atoms with Crippen molar-refractivity contribution in [2.75, 3.05) is 0 Å². The van der Waals surface area contributed by atoms with Gasteiger partial charge in [-0.2, -0.15) is 0 Å². The maximum atomic E-state index is 4.56. The maximum absolute atomic E-state index is 4.56. The summed E-state index contributed by atoms with van der Waals surface area (Å²) >= 11 is 1.56. The van der Waals surface area contributed by atoms with Crippen molar-refractivity contribution in [3.63, 3.8) is 0 Å². The first-order chi connectivity index (χ1) is 9.63. The summed E-state index contributed by atoms with van der Waals surface area (Å²) in [6.07, 6.45) is 4.58. The van der Waals surface area contributed by atoms with Crippen LogP contribution < -0.4 is 5.32 Å². The first-order valence-corrected chi connectivity index (χ1v) is 7.68. The van der Waals surface area contributed by atoms with Crippen LogP contribution in [0.5, 0.6) is 0 Å². The molecule has 2 aromatic heterocycles. The van der Waals surface area contributed by atoms with Crippen molar-refractivity contribution in [2.45, 2.75) is 49.5 Å². The standard InChI is InChI=1S/C14H19N5S/c1-9-6-11(7-15-12-4-5-12)8-16-13(9)20-14-18-17-10(2)19(14)3/h6,8,12,15H,4-5,7H2,1-3H3. The van der Waals surface area contributed by atoms with Crippen LogP contribution in [0.4, 0.5) is 0 Å². The molecule has 6 heteroatoms. The zero-order chi connectivity index (χ0) is 14.1. The molecule has 0 amide bonds. The van der Waals surface area contributed by atoms with E-state index in [4.69, 9.17) is 0 Å². The summed E-state index contributed by atoms with van der Waals surface area (Å²) in [5, 5.41) is 13.6. The molecular weight excluding hydrogens is 270 g/mol. The minimum absolute atomic E-state index is 0.728. The number of hydrogen-bond acceptors (Lipinski definition) is 5. The lowest BCUT2D eigenvalue weighted by atomic mass is 10.2. The number of nitrogens with zero attached hydrogens (tertiary/aromatic N) is 4. The largest absolute Gasteiger partial charge is 0.310 e. The van der Waals surface area contributed by atoms with Crippen LogP contribution in [0.15, 0.2) is 22.4 Å². The highest BCUT2D eigenvalue weighted by Gasteiger charge is 2.20. The van der Waals surface area contributed by atoms with Crippen LogP contribution in [-0.4, -0.2) is 25.8 Å². The quantitative estimate of drug-likeness (QED) is 0.915. The molecule has 1 fully saturated rings.